The number of carbonyl (C=O) groups excluding carboxylic acids is 2. The molecule has 2 amide bonds. The van der Waals surface area contributed by atoms with Crippen LogP contribution >= 0.6 is 11.3 Å². The fraction of sp³-hybridized carbons (Fsp3) is 0.350. The van der Waals surface area contributed by atoms with Gasteiger partial charge in [0.05, 0.1) is 16.1 Å². The lowest BCUT2D eigenvalue weighted by atomic mass is 10.1. The first kappa shape index (κ1) is 18.9. The van der Waals surface area contributed by atoms with Crippen molar-refractivity contribution in [3.05, 3.63) is 41.0 Å². The highest BCUT2D eigenvalue weighted by atomic mass is 32.1. The fourth-order valence-corrected chi connectivity index (χ4v) is 4.04. The average molecular weight is 382 g/mol. The highest BCUT2D eigenvalue weighted by molar-refractivity contribution is 7.13. The smallest absolute Gasteiger partial charge is 0.243 e. The molecule has 0 radical (unpaired) electrons. The average Bonchev–Trinajstić information content (AvgIpc) is 3.34. The Morgan fingerprint density at radius 3 is 2.81 bits per heavy atom. The van der Waals surface area contributed by atoms with Crippen LogP contribution in [-0.4, -0.2) is 40.8 Å². The molecule has 1 saturated heterocycles. The number of terminal acetylenes is 1. The molecule has 2 aromatic rings. The van der Waals surface area contributed by atoms with Crippen LogP contribution in [0.2, 0.25) is 0 Å². The van der Waals surface area contributed by atoms with Crippen LogP contribution in [0.4, 0.5) is 0 Å². The predicted molar refractivity (Wildman–Crippen MR) is 106 cm³/mol. The zero-order chi connectivity index (χ0) is 19.2. The molecule has 1 aliphatic heterocycles. The minimum Gasteiger partial charge on any atom is -0.350 e. The monoisotopic (exact) mass is 382 g/mol. The summed E-state index contributed by atoms with van der Waals surface area (Å²) in [5, 5.41) is 5.51. The van der Waals surface area contributed by atoms with Gasteiger partial charge < -0.3 is 15.5 Å². The molecule has 0 bridgehead atoms. The van der Waals surface area contributed by atoms with Crippen molar-refractivity contribution in [2.75, 3.05) is 13.1 Å². The van der Waals surface area contributed by atoms with Gasteiger partial charge in [0.2, 0.25) is 11.8 Å². The molecule has 0 saturated carbocycles. The Bertz CT molecular complexity index is 854. The molecule has 7 heteroatoms. The van der Waals surface area contributed by atoms with Crippen LogP contribution < -0.4 is 10.6 Å². The molecule has 6 nitrogen and oxygen atoms in total. The van der Waals surface area contributed by atoms with Crippen molar-refractivity contribution >= 4 is 23.2 Å². The maximum Gasteiger partial charge on any atom is 0.243 e. The highest BCUT2D eigenvalue weighted by Gasteiger charge is 2.33. The van der Waals surface area contributed by atoms with Crippen LogP contribution in [0.3, 0.4) is 0 Å². The van der Waals surface area contributed by atoms with E-state index in [0.29, 0.717) is 19.5 Å². The van der Waals surface area contributed by atoms with Gasteiger partial charge in [-0.3, -0.25) is 9.59 Å². The zero-order valence-electron chi connectivity index (χ0n) is 15.2. The number of nitrogens with zero attached hydrogens (tertiary/aromatic N) is 2. The van der Waals surface area contributed by atoms with Crippen molar-refractivity contribution in [3.8, 4) is 22.9 Å². The summed E-state index contributed by atoms with van der Waals surface area (Å²) in [6.07, 6.45) is 6.62. The lowest BCUT2D eigenvalue weighted by Gasteiger charge is -2.23. The summed E-state index contributed by atoms with van der Waals surface area (Å²) >= 11 is 1.62. The van der Waals surface area contributed by atoms with Crippen LogP contribution in [0.25, 0.3) is 10.4 Å². The Balaban J connectivity index is 1.56. The maximum atomic E-state index is 12.5. The Hall–Kier alpha value is -2.85. The van der Waals surface area contributed by atoms with E-state index in [0.717, 1.165) is 28.1 Å². The molecule has 1 atom stereocenters. The molecule has 1 aromatic heterocycles. The van der Waals surface area contributed by atoms with Crippen LogP contribution in [0.15, 0.2) is 29.8 Å². The third kappa shape index (κ3) is 4.47. The number of aromatic nitrogens is 1. The van der Waals surface area contributed by atoms with Crippen molar-refractivity contribution < 1.29 is 9.59 Å². The third-order valence-electron chi connectivity index (χ3n) is 4.65. The minimum atomic E-state index is -0.420. The molecule has 1 aliphatic rings. The second-order valence-corrected chi connectivity index (χ2v) is 7.28. The van der Waals surface area contributed by atoms with Gasteiger partial charge in [-0.15, -0.1) is 11.3 Å². The molecule has 27 heavy (non-hydrogen) atoms. The number of aryl methyl sites for hydroxylation is 1. The number of thiazole rings is 1. The number of benzene rings is 1. The first-order valence-corrected chi connectivity index (χ1v) is 9.73. The van der Waals surface area contributed by atoms with Gasteiger partial charge in [0.25, 0.3) is 0 Å². The number of likely N-dealkylation sites (tertiary alicyclic amines) is 1. The Kier molecular flexibility index (Phi) is 6.09. The number of amides is 2. The fourth-order valence-electron chi connectivity index (χ4n) is 3.23. The van der Waals surface area contributed by atoms with E-state index in [2.05, 4.69) is 21.7 Å². The topological polar surface area (TPSA) is 74.3 Å². The van der Waals surface area contributed by atoms with Gasteiger partial charge in [-0.1, -0.05) is 30.7 Å². The molecular weight excluding hydrogens is 360 g/mol. The van der Waals surface area contributed by atoms with E-state index in [1.807, 2.05) is 36.7 Å². The normalized spacial score (nSPS) is 16.0. The zero-order valence-corrected chi connectivity index (χ0v) is 16.0. The van der Waals surface area contributed by atoms with Gasteiger partial charge >= 0.3 is 0 Å². The lowest BCUT2D eigenvalue weighted by molar-refractivity contribution is -0.137. The minimum absolute atomic E-state index is 0.0543. The summed E-state index contributed by atoms with van der Waals surface area (Å²) in [5.74, 6) is -0.265. The second kappa shape index (κ2) is 8.69. The Morgan fingerprint density at radius 1 is 1.37 bits per heavy atom. The second-order valence-electron chi connectivity index (χ2n) is 6.42. The van der Waals surface area contributed by atoms with Gasteiger partial charge in [-0.2, -0.15) is 0 Å². The molecule has 0 aliphatic carbocycles. The summed E-state index contributed by atoms with van der Waals surface area (Å²) in [4.78, 5) is 31.7. The van der Waals surface area contributed by atoms with E-state index in [1.54, 1.807) is 16.2 Å². The van der Waals surface area contributed by atoms with E-state index in [4.69, 9.17) is 6.42 Å². The van der Waals surface area contributed by atoms with E-state index < -0.39 is 6.04 Å². The van der Waals surface area contributed by atoms with Crippen LogP contribution in [0.5, 0.6) is 0 Å². The Morgan fingerprint density at radius 2 is 2.15 bits per heavy atom. The van der Waals surface area contributed by atoms with Crippen LogP contribution in [0, 0.1) is 19.4 Å². The van der Waals surface area contributed by atoms with Crippen molar-refractivity contribution in [3.63, 3.8) is 0 Å². The molecule has 3 rings (SSSR count). The van der Waals surface area contributed by atoms with Gasteiger partial charge in [-0.05, 0) is 30.9 Å². The van der Waals surface area contributed by atoms with Crippen molar-refractivity contribution in [2.24, 2.45) is 0 Å². The summed E-state index contributed by atoms with van der Waals surface area (Å²) in [6, 6.07) is 9.90. The first-order chi connectivity index (χ1) is 13.1. The highest BCUT2D eigenvalue weighted by Crippen LogP contribution is 2.27. The van der Waals surface area contributed by atoms with E-state index in [1.165, 1.54) is 0 Å². The number of carbonyl (C=O) groups is 2. The lowest BCUT2D eigenvalue weighted by Crippen LogP contribution is -2.47. The summed E-state index contributed by atoms with van der Waals surface area (Å²) in [5.41, 5.74) is 5.00. The summed E-state index contributed by atoms with van der Waals surface area (Å²) in [6.45, 7) is 3.07. The van der Waals surface area contributed by atoms with Gasteiger partial charge in [0.15, 0.2) is 0 Å². The third-order valence-corrected chi connectivity index (χ3v) is 5.62. The van der Waals surface area contributed by atoms with E-state index in [-0.39, 0.29) is 18.4 Å². The predicted octanol–water partition coefficient (Wildman–Crippen LogP) is 1.91. The number of hydrogen-bond acceptors (Lipinski definition) is 5. The van der Waals surface area contributed by atoms with Gasteiger partial charge in [0, 0.05) is 19.1 Å². The molecule has 2 N–H and O–H groups in total. The van der Waals surface area contributed by atoms with Gasteiger partial charge in [-0.25, -0.2) is 4.98 Å². The molecule has 140 valence electrons. The Labute approximate surface area is 163 Å². The summed E-state index contributed by atoms with van der Waals surface area (Å²) in [7, 11) is 0. The standard InChI is InChI=1S/C20H22N4O2S/c1-3-21-12-18(25)24-10-4-5-17(24)20(26)22-11-15-6-8-16(9-7-15)19-14(2)23-13-27-19/h1,6-9,13,17,21H,4-5,10-12H2,2H3,(H,22,26). The van der Waals surface area contributed by atoms with Gasteiger partial charge in [0.1, 0.15) is 12.6 Å². The van der Waals surface area contributed by atoms with Crippen LogP contribution in [-0.2, 0) is 16.1 Å². The largest absolute Gasteiger partial charge is 0.350 e. The van der Waals surface area contributed by atoms with Crippen molar-refractivity contribution in [1.29, 1.82) is 0 Å². The first-order valence-electron chi connectivity index (χ1n) is 8.85. The van der Waals surface area contributed by atoms with Crippen LogP contribution in [0.1, 0.15) is 24.1 Å². The van der Waals surface area contributed by atoms with E-state index in [9.17, 15) is 9.59 Å². The number of rotatable bonds is 6. The SMILES string of the molecule is C#CNCC(=O)N1CCCC1C(=O)NCc1ccc(-c2scnc2C)cc1. The van der Waals surface area contributed by atoms with E-state index >= 15 is 0 Å². The molecule has 1 fully saturated rings. The summed E-state index contributed by atoms with van der Waals surface area (Å²) < 4.78 is 0. The molecule has 0 spiro atoms. The molecule has 2 heterocycles. The quantitative estimate of drug-likeness (QED) is 0.591. The molecular formula is C20H22N4O2S. The van der Waals surface area contributed by atoms with Crippen molar-refractivity contribution in [1.82, 2.24) is 20.5 Å². The number of nitrogens with one attached hydrogen (secondary N) is 2. The molecule has 1 unspecified atom stereocenters. The maximum absolute atomic E-state index is 12.5. The van der Waals surface area contributed by atoms with Crippen molar-refractivity contribution in [2.45, 2.75) is 32.4 Å². The number of hydrogen-bond donors (Lipinski definition) is 2. The molecule has 1 aromatic carbocycles.